The third kappa shape index (κ3) is 3.60. The van der Waals surface area contributed by atoms with Crippen molar-refractivity contribution in [3.8, 4) is 17.2 Å². The van der Waals surface area contributed by atoms with Crippen LogP contribution in [-0.4, -0.2) is 46.4 Å². The molecule has 2 aliphatic heterocycles. The number of nitrogens with zero attached hydrogens (tertiary/aromatic N) is 2. The number of aromatic nitrogens is 2. The Labute approximate surface area is 179 Å². The molecule has 0 saturated carbocycles. The summed E-state index contributed by atoms with van der Waals surface area (Å²) in [5.74, 6) is 1.20. The van der Waals surface area contributed by atoms with Crippen molar-refractivity contribution in [2.24, 2.45) is 4.99 Å². The Hall–Kier alpha value is -2.39. The first-order valence-corrected chi connectivity index (χ1v) is 10.8. The van der Waals surface area contributed by atoms with Crippen LogP contribution in [0.2, 0.25) is 0 Å². The molecule has 2 aromatic rings. The van der Waals surface area contributed by atoms with E-state index in [1.165, 1.54) is 26.0 Å². The molecule has 4 rings (SSSR count). The highest BCUT2D eigenvalue weighted by Gasteiger charge is 2.36. The van der Waals surface area contributed by atoms with Crippen LogP contribution in [0, 0.1) is 0 Å². The quantitative estimate of drug-likeness (QED) is 0.759. The molecule has 0 aliphatic carbocycles. The van der Waals surface area contributed by atoms with Gasteiger partial charge in [-0.3, -0.25) is 14.6 Å². The number of rotatable bonds is 4. The number of thioether (sulfide) groups is 1. The molecule has 2 N–H and O–H groups in total. The first kappa shape index (κ1) is 20.9. The van der Waals surface area contributed by atoms with Gasteiger partial charge in [-0.1, -0.05) is 11.8 Å². The van der Waals surface area contributed by atoms with Gasteiger partial charge in [0.1, 0.15) is 0 Å². The second-order valence-corrected chi connectivity index (χ2v) is 9.50. The molecule has 1 fully saturated rings. The minimum absolute atomic E-state index is 0.0638. The lowest BCUT2D eigenvalue weighted by Gasteiger charge is -2.36. The normalized spacial score (nSPS) is 22.9. The molecule has 2 aliphatic rings. The maximum atomic E-state index is 13.1. The van der Waals surface area contributed by atoms with E-state index in [0.29, 0.717) is 29.5 Å². The fourth-order valence-electron chi connectivity index (χ4n) is 4.19. The maximum absolute atomic E-state index is 13.1. The number of aromatic hydroxyl groups is 1. The summed E-state index contributed by atoms with van der Waals surface area (Å²) in [6.07, 6.45) is 1.60. The van der Waals surface area contributed by atoms with Crippen molar-refractivity contribution in [3.63, 3.8) is 0 Å². The van der Waals surface area contributed by atoms with Crippen LogP contribution in [0.1, 0.15) is 56.0 Å². The Morgan fingerprint density at radius 3 is 2.57 bits per heavy atom. The molecule has 30 heavy (non-hydrogen) atoms. The number of H-pyrrole nitrogens is 1. The van der Waals surface area contributed by atoms with Crippen molar-refractivity contribution in [1.29, 1.82) is 0 Å². The summed E-state index contributed by atoms with van der Waals surface area (Å²) in [7, 11) is 2.97. The molecule has 1 aromatic carbocycles. The summed E-state index contributed by atoms with van der Waals surface area (Å²) < 4.78 is 18.4. The zero-order valence-corrected chi connectivity index (χ0v) is 18.6. The van der Waals surface area contributed by atoms with Gasteiger partial charge in [-0.2, -0.15) is 0 Å². The zero-order valence-electron chi connectivity index (χ0n) is 17.8. The largest absolute Gasteiger partial charge is 0.502 e. The number of ether oxygens (including phenoxy) is 3. The number of nitrogens with one attached hydrogen (secondary N) is 1. The van der Waals surface area contributed by atoms with Gasteiger partial charge in [0.25, 0.3) is 5.56 Å². The van der Waals surface area contributed by atoms with E-state index in [1.54, 1.807) is 12.1 Å². The number of hydrogen-bond acceptors (Lipinski definition) is 7. The lowest BCUT2D eigenvalue weighted by Crippen LogP contribution is -2.35. The average molecular weight is 434 g/mol. The van der Waals surface area contributed by atoms with E-state index in [2.05, 4.69) is 18.9 Å². The lowest BCUT2D eigenvalue weighted by atomic mass is 9.94. The predicted molar refractivity (Wildman–Crippen MR) is 117 cm³/mol. The maximum Gasteiger partial charge on any atom is 0.271 e. The number of phenols is 1. The second-order valence-electron chi connectivity index (χ2n) is 8.21. The smallest absolute Gasteiger partial charge is 0.271 e. The summed E-state index contributed by atoms with van der Waals surface area (Å²) >= 11 is 1.50. The standard InChI is InChI=1S/C21H27N3O5S/c1-11-22-19-16(20(26)23-24(19)13-6-7-29-21(2,3)10-13)18(30-11)12-8-14(27-4)17(25)15(9-12)28-5/h8-9,13,18,25H,6-7,10H2,1-5H3,(H,23,26)/t13-,18-/m1/s1. The van der Waals surface area contributed by atoms with Gasteiger partial charge in [0.05, 0.1) is 41.7 Å². The fraction of sp³-hybridized carbons (Fsp3) is 0.524. The number of methoxy groups -OCH3 is 2. The van der Waals surface area contributed by atoms with Crippen LogP contribution in [0.25, 0.3) is 0 Å². The summed E-state index contributed by atoms with van der Waals surface area (Å²) in [6, 6.07) is 3.59. The van der Waals surface area contributed by atoms with Crippen LogP contribution >= 0.6 is 11.8 Å². The Kier molecular flexibility index (Phi) is 5.36. The minimum atomic E-state index is -0.293. The third-order valence-electron chi connectivity index (χ3n) is 5.59. The monoisotopic (exact) mass is 433 g/mol. The molecule has 3 heterocycles. The molecule has 0 radical (unpaired) electrons. The molecule has 2 atom stereocenters. The number of aliphatic imine (C=N–C) groups is 1. The Balaban J connectivity index is 1.82. The third-order valence-corrected chi connectivity index (χ3v) is 6.77. The predicted octanol–water partition coefficient (Wildman–Crippen LogP) is 3.92. The van der Waals surface area contributed by atoms with Crippen LogP contribution in [0.15, 0.2) is 21.9 Å². The first-order valence-electron chi connectivity index (χ1n) is 9.89. The van der Waals surface area contributed by atoms with Gasteiger partial charge < -0.3 is 19.3 Å². The molecule has 8 nitrogen and oxygen atoms in total. The summed E-state index contributed by atoms with van der Waals surface area (Å²) in [6.45, 7) is 6.70. The van der Waals surface area contributed by atoms with E-state index in [-0.39, 0.29) is 28.2 Å². The summed E-state index contributed by atoms with van der Waals surface area (Å²) in [4.78, 5) is 17.8. The van der Waals surface area contributed by atoms with Gasteiger partial charge in [0.15, 0.2) is 17.3 Å². The van der Waals surface area contributed by atoms with Gasteiger partial charge in [-0.25, -0.2) is 4.99 Å². The van der Waals surface area contributed by atoms with E-state index < -0.39 is 0 Å². The van der Waals surface area contributed by atoms with Crippen molar-refractivity contribution < 1.29 is 19.3 Å². The zero-order chi connectivity index (χ0) is 21.6. The van der Waals surface area contributed by atoms with E-state index in [4.69, 9.17) is 19.2 Å². The van der Waals surface area contributed by atoms with Gasteiger partial charge in [-0.15, -0.1) is 0 Å². The fourth-order valence-corrected chi connectivity index (χ4v) is 5.28. The van der Waals surface area contributed by atoms with Crippen molar-refractivity contribution in [2.45, 2.75) is 50.5 Å². The molecule has 1 saturated heterocycles. The molecule has 9 heteroatoms. The first-order chi connectivity index (χ1) is 14.2. The van der Waals surface area contributed by atoms with Gasteiger partial charge in [-0.05, 0) is 51.3 Å². The Bertz CT molecular complexity index is 1030. The Morgan fingerprint density at radius 1 is 1.30 bits per heavy atom. The number of fused-ring (bicyclic) bond motifs is 1. The number of phenolic OH excluding ortho intramolecular Hbond substituents is 1. The van der Waals surface area contributed by atoms with Crippen molar-refractivity contribution in [2.75, 3.05) is 20.8 Å². The highest BCUT2D eigenvalue weighted by Crippen LogP contribution is 2.48. The molecule has 0 unspecified atom stereocenters. The van der Waals surface area contributed by atoms with Crippen LogP contribution in [0.3, 0.4) is 0 Å². The van der Waals surface area contributed by atoms with E-state index >= 15 is 0 Å². The number of aromatic amines is 1. The van der Waals surface area contributed by atoms with Crippen LogP contribution < -0.4 is 15.0 Å². The molecule has 1 aromatic heterocycles. The molecule has 0 bridgehead atoms. The van der Waals surface area contributed by atoms with Gasteiger partial charge in [0, 0.05) is 6.61 Å². The Morgan fingerprint density at radius 2 is 1.97 bits per heavy atom. The average Bonchev–Trinajstić information content (AvgIpc) is 3.03. The second kappa shape index (κ2) is 7.70. The number of hydrogen-bond donors (Lipinski definition) is 2. The molecule has 162 valence electrons. The van der Waals surface area contributed by atoms with E-state index in [9.17, 15) is 9.90 Å². The van der Waals surface area contributed by atoms with Crippen molar-refractivity contribution >= 4 is 22.6 Å². The summed E-state index contributed by atoms with van der Waals surface area (Å²) in [5.41, 5.74) is 0.993. The topological polar surface area (TPSA) is 98.1 Å². The van der Waals surface area contributed by atoms with E-state index in [0.717, 1.165) is 23.4 Å². The SMILES string of the molecule is COc1cc([C@H]2SC(C)=Nc3c2c(=O)[nH]n3[C@@H]2CCOC(C)(C)C2)cc(OC)c1O. The van der Waals surface area contributed by atoms with Crippen molar-refractivity contribution in [1.82, 2.24) is 9.78 Å². The molecular weight excluding hydrogens is 406 g/mol. The van der Waals surface area contributed by atoms with Crippen LogP contribution in [0.4, 0.5) is 5.82 Å². The highest BCUT2D eigenvalue weighted by molar-refractivity contribution is 8.14. The highest BCUT2D eigenvalue weighted by atomic mass is 32.2. The lowest BCUT2D eigenvalue weighted by molar-refractivity contribution is -0.0705. The van der Waals surface area contributed by atoms with Gasteiger partial charge >= 0.3 is 0 Å². The van der Waals surface area contributed by atoms with Crippen molar-refractivity contribution in [3.05, 3.63) is 33.6 Å². The van der Waals surface area contributed by atoms with Crippen LogP contribution in [-0.2, 0) is 4.74 Å². The molecular formula is C21H27N3O5S. The van der Waals surface area contributed by atoms with Crippen LogP contribution in [0.5, 0.6) is 17.2 Å². The minimum Gasteiger partial charge on any atom is -0.502 e. The number of benzene rings is 1. The molecule has 0 spiro atoms. The molecule has 0 amide bonds. The van der Waals surface area contributed by atoms with Gasteiger partial charge in [0.2, 0.25) is 5.75 Å². The van der Waals surface area contributed by atoms with E-state index in [1.807, 2.05) is 11.6 Å². The summed E-state index contributed by atoms with van der Waals surface area (Å²) in [5, 5.41) is 13.9.